The molecule has 2 aliphatic heterocycles. The van der Waals surface area contributed by atoms with Gasteiger partial charge >= 0.3 is 0 Å². The van der Waals surface area contributed by atoms with Crippen LogP contribution in [0.3, 0.4) is 0 Å². The third-order valence-corrected chi connectivity index (χ3v) is 4.78. The lowest BCUT2D eigenvalue weighted by molar-refractivity contribution is -0.144. The molecule has 0 aromatic rings. The molecule has 132 valence electrons. The first-order valence-electron chi connectivity index (χ1n) is 9.01. The summed E-state index contributed by atoms with van der Waals surface area (Å²) in [4.78, 5) is 10.4. The van der Waals surface area contributed by atoms with Gasteiger partial charge in [-0.15, -0.1) is 0 Å². The molecule has 23 heavy (non-hydrogen) atoms. The van der Waals surface area contributed by atoms with Crippen molar-refractivity contribution >= 4 is 6.29 Å². The van der Waals surface area contributed by atoms with Gasteiger partial charge in [-0.25, -0.2) is 0 Å². The minimum Gasteiger partial charge on any atom is -0.378 e. The van der Waals surface area contributed by atoms with Gasteiger partial charge in [-0.2, -0.15) is 0 Å². The Morgan fingerprint density at radius 3 is 2.61 bits per heavy atom. The quantitative estimate of drug-likeness (QED) is 0.499. The molecular formula is C19H32O4. The summed E-state index contributed by atoms with van der Waals surface area (Å²) in [6.07, 6.45) is 10.9. The van der Waals surface area contributed by atoms with Crippen LogP contribution in [0.4, 0.5) is 0 Å². The van der Waals surface area contributed by atoms with E-state index in [1.807, 2.05) is 13.8 Å². The Morgan fingerprint density at radius 2 is 2.00 bits per heavy atom. The summed E-state index contributed by atoms with van der Waals surface area (Å²) < 4.78 is 17.5. The zero-order chi connectivity index (χ0) is 16.7. The van der Waals surface area contributed by atoms with E-state index in [4.69, 9.17) is 14.2 Å². The predicted molar refractivity (Wildman–Crippen MR) is 90.3 cm³/mol. The first kappa shape index (κ1) is 18.6. The molecule has 0 aromatic carbocycles. The largest absolute Gasteiger partial charge is 0.378 e. The van der Waals surface area contributed by atoms with Crippen LogP contribution in [0.25, 0.3) is 0 Å². The second kappa shape index (κ2) is 8.95. The molecule has 0 spiro atoms. The molecule has 0 aromatic heterocycles. The third kappa shape index (κ3) is 6.74. The topological polar surface area (TPSA) is 44.8 Å². The van der Waals surface area contributed by atoms with Crippen molar-refractivity contribution in [3.8, 4) is 0 Å². The van der Waals surface area contributed by atoms with Gasteiger partial charge in [0.1, 0.15) is 6.29 Å². The molecule has 4 heteroatoms. The molecular weight excluding hydrogens is 292 g/mol. The average Bonchev–Trinajstić information content (AvgIpc) is 2.86. The summed E-state index contributed by atoms with van der Waals surface area (Å²) in [5, 5.41) is 0. The highest BCUT2D eigenvalue weighted by molar-refractivity contribution is 5.49. The van der Waals surface area contributed by atoms with Crippen molar-refractivity contribution in [3.63, 3.8) is 0 Å². The highest BCUT2D eigenvalue weighted by atomic mass is 16.7. The molecule has 4 nitrogen and oxygen atoms in total. The van der Waals surface area contributed by atoms with E-state index in [0.717, 1.165) is 38.6 Å². The minimum atomic E-state index is -0.435. The van der Waals surface area contributed by atoms with Gasteiger partial charge in [-0.1, -0.05) is 11.6 Å². The van der Waals surface area contributed by atoms with Gasteiger partial charge in [0.25, 0.3) is 0 Å². The minimum absolute atomic E-state index is 0.176. The molecule has 2 saturated heterocycles. The van der Waals surface area contributed by atoms with Crippen molar-refractivity contribution in [1.82, 2.24) is 0 Å². The SMILES string of the molecule is C/C(=C\CC[C@H]1CC[C@H](CC2COC(C)(C)O2)OC1)CCC=O. The first-order valence-corrected chi connectivity index (χ1v) is 9.01. The van der Waals surface area contributed by atoms with Crippen LogP contribution in [-0.2, 0) is 19.0 Å². The molecule has 0 radical (unpaired) electrons. The van der Waals surface area contributed by atoms with Crippen LogP contribution in [0.15, 0.2) is 11.6 Å². The number of aldehydes is 1. The average molecular weight is 324 g/mol. The van der Waals surface area contributed by atoms with Gasteiger partial charge in [-0.3, -0.25) is 0 Å². The zero-order valence-corrected chi connectivity index (χ0v) is 14.9. The van der Waals surface area contributed by atoms with Crippen LogP contribution >= 0.6 is 0 Å². The highest BCUT2D eigenvalue weighted by Gasteiger charge is 2.35. The monoisotopic (exact) mass is 324 g/mol. The molecule has 0 aliphatic carbocycles. The molecule has 0 saturated carbocycles. The van der Waals surface area contributed by atoms with Crippen molar-refractivity contribution in [3.05, 3.63) is 11.6 Å². The Morgan fingerprint density at radius 1 is 1.17 bits per heavy atom. The van der Waals surface area contributed by atoms with Gasteiger partial charge in [0.05, 0.1) is 18.8 Å². The lowest BCUT2D eigenvalue weighted by atomic mass is 9.92. The number of hydrogen-bond donors (Lipinski definition) is 0. The van der Waals surface area contributed by atoms with E-state index in [1.54, 1.807) is 0 Å². The Kier molecular flexibility index (Phi) is 7.25. The molecule has 1 unspecified atom stereocenters. The first-order chi connectivity index (χ1) is 11.0. The maximum Gasteiger partial charge on any atom is 0.163 e. The summed E-state index contributed by atoms with van der Waals surface area (Å²) >= 11 is 0. The number of ether oxygens (including phenoxy) is 3. The van der Waals surface area contributed by atoms with Crippen LogP contribution in [0.5, 0.6) is 0 Å². The summed E-state index contributed by atoms with van der Waals surface area (Å²) in [5.41, 5.74) is 1.33. The second-order valence-corrected chi connectivity index (χ2v) is 7.42. The lowest BCUT2D eigenvalue weighted by Crippen LogP contribution is -2.30. The summed E-state index contributed by atoms with van der Waals surface area (Å²) in [6, 6.07) is 0. The molecule has 0 bridgehead atoms. The number of hydrogen-bond acceptors (Lipinski definition) is 4. The van der Waals surface area contributed by atoms with Gasteiger partial charge < -0.3 is 19.0 Å². The van der Waals surface area contributed by atoms with Crippen LogP contribution in [0.2, 0.25) is 0 Å². The molecule has 2 fully saturated rings. The fraction of sp³-hybridized carbons (Fsp3) is 0.842. The van der Waals surface area contributed by atoms with E-state index in [9.17, 15) is 4.79 Å². The standard InChI is InChI=1S/C19H32O4/c1-15(7-5-11-20)6-4-8-16-9-10-17(21-13-16)12-18-14-22-19(2,3)23-18/h6,11,16-18H,4-5,7-10,12-14H2,1-3H3/b15-6+/t16-,17+,18?/m0/s1. The fourth-order valence-corrected chi connectivity index (χ4v) is 3.40. The molecule has 2 rings (SSSR count). The Labute approximate surface area is 140 Å². The molecule has 2 heterocycles. The zero-order valence-electron chi connectivity index (χ0n) is 14.9. The molecule has 0 N–H and O–H groups in total. The van der Waals surface area contributed by atoms with E-state index in [2.05, 4.69) is 13.0 Å². The Hall–Kier alpha value is -0.710. The fourth-order valence-electron chi connectivity index (χ4n) is 3.40. The summed E-state index contributed by atoms with van der Waals surface area (Å²) in [5.74, 6) is 0.231. The Balaban J connectivity index is 1.60. The van der Waals surface area contributed by atoms with E-state index < -0.39 is 5.79 Å². The van der Waals surface area contributed by atoms with Gasteiger partial charge in [-0.05, 0) is 58.8 Å². The van der Waals surface area contributed by atoms with E-state index >= 15 is 0 Å². The van der Waals surface area contributed by atoms with Crippen molar-refractivity contribution in [2.24, 2.45) is 5.92 Å². The summed E-state index contributed by atoms with van der Waals surface area (Å²) in [6.45, 7) is 7.59. The Bertz CT molecular complexity index is 394. The second-order valence-electron chi connectivity index (χ2n) is 7.42. The maximum atomic E-state index is 10.4. The highest BCUT2D eigenvalue weighted by Crippen LogP contribution is 2.30. The van der Waals surface area contributed by atoms with E-state index in [0.29, 0.717) is 25.0 Å². The molecule has 2 aliphatic rings. The van der Waals surface area contributed by atoms with Gasteiger partial charge in [0.15, 0.2) is 5.79 Å². The normalized spacial score (nSPS) is 31.3. The van der Waals surface area contributed by atoms with E-state index in [-0.39, 0.29) is 6.10 Å². The van der Waals surface area contributed by atoms with Crippen LogP contribution in [-0.4, -0.2) is 37.5 Å². The van der Waals surface area contributed by atoms with Crippen molar-refractivity contribution in [1.29, 1.82) is 0 Å². The van der Waals surface area contributed by atoms with Crippen LogP contribution in [0, 0.1) is 5.92 Å². The molecule has 3 atom stereocenters. The van der Waals surface area contributed by atoms with E-state index in [1.165, 1.54) is 18.4 Å². The number of allylic oxidation sites excluding steroid dienone is 2. The number of rotatable bonds is 8. The summed E-state index contributed by atoms with van der Waals surface area (Å²) in [7, 11) is 0. The van der Waals surface area contributed by atoms with Crippen LogP contribution in [0.1, 0.15) is 65.7 Å². The maximum absolute atomic E-state index is 10.4. The third-order valence-electron chi connectivity index (χ3n) is 4.78. The number of carbonyl (C=O) groups is 1. The number of carbonyl (C=O) groups excluding carboxylic acids is 1. The van der Waals surface area contributed by atoms with Crippen molar-refractivity contribution in [2.75, 3.05) is 13.2 Å². The smallest absolute Gasteiger partial charge is 0.163 e. The van der Waals surface area contributed by atoms with Crippen molar-refractivity contribution < 1.29 is 19.0 Å². The van der Waals surface area contributed by atoms with Gasteiger partial charge in [0.2, 0.25) is 0 Å². The van der Waals surface area contributed by atoms with Gasteiger partial charge in [0, 0.05) is 19.4 Å². The van der Waals surface area contributed by atoms with Crippen molar-refractivity contribution in [2.45, 2.75) is 83.7 Å². The van der Waals surface area contributed by atoms with Crippen LogP contribution < -0.4 is 0 Å². The predicted octanol–water partition coefficient (Wildman–Crippen LogP) is 4.03. The lowest BCUT2D eigenvalue weighted by Gasteiger charge is -2.30. The molecule has 0 amide bonds.